The van der Waals surface area contributed by atoms with Gasteiger partial charge in [0.2, 0.25) is 0 Å². The van der Waals surface area contributed by atoms with Crippen LogP contribution in [0.4, 0.5) is 0 Å². The van der Waals surface area contributed by atoms with E-state index in [1.807, 2.05) is 0 Å². The number of likely N-dealkylation sites (tertiary alicyclic amines) is 1. The third-order valence-electron chi connectivity index (χ3n) is 5.04. The van der Waals surface area contributed by atoms with Crippen LogP contribution in [0, 0.1) is 17.8 Å². The van der Waals surface area contributed by atoms with Gasteiger partial charge in [-0.3, -0.25) is 0 Å². The van der Waals surface area contributed by atoms with Crippen molar-refractivity contribution in [1.82, 2.24) is 10.2 Å². The maximum Gasteiger partial charge on any atom is 0.00223 e. The van der Waals surface area contributed by atoms with Crippen molar-refractivity contribution in [2.45, 2.75) is 52.4 Å². The lowest BCUT2D eigenvalue weighted by atomic mass is 9.81. The summed E-state index contributed by atoms with van der Waals surface area (Å²) in [7, 11) is 0. The van der Waals surface area contributed by atoms with Crippen LogP contribution in [0.5, 0.6) is 0 Å². The molecule has 0 radical (unpaired) electrons. The standard InChI is InChI=1S/C16H32N2/c1-3-17-12-16-9-11-18(13-16)10-8-15-6-4-14(2)5-7-15/h14-17H,3-13H2,1-2H3. The van der Waals surface area contributed by atoms with E-state index >= 15 is 0 Å². The first-order chi connectivity index (χ1) is 8.78. The summed E-state index contributed by atoms with van der Waals surface area (Å²) >= 11 is 0. The third-order valence-corrected chi connectivity index (χ3v) is 5.04. The minimum absolute atomic E-state index is 0.913. The van der Waals surface area contributed by atoms with E-state index in [4.69, 9.17) is 0 Å². The molecule has 0 aromatic carbocycles. The van der Waals surface area contributed by atoms with E-state index in [0.717, 1.165) is 24.3 Å². The van der Waals surface area contributed by atoms with E-state index < -0.39 is 0 Å². The molecule has 1 saturated carbocycles. The minimum Gasteiger partial charge on any atom is -0.317 e. The molecule has 18 heavy (non-hydrogen) atoms. The Morgan fingerprint density at radius 2 is 1.83 bits per heavy atom. The zero-order chi connectivity index (χ0) is 12.8. The molecule has 0 aromatic rings. The predicted molar refractivity (Wildman–Crippen MR) is 78.8 cm³/mol. The molecule has 0 aromatic heterocycles. The van der Waals surface area contributed by atoms with Crippen molar-refractivity contribution in [2.24, 2.45) is 17.8 Å². The Morgan fingerprint density at radius 1 is 1.06 bits per heavy atom. The number of rotatable bonds is 6. The predicted octanol–water partition coefficient (Wildman–Crippen LogP) is 3.13. The molecule has 1 aliphatic heterocycles. The van der Waals surface area contributed by atoms with Crippen molar-refractivity contribution in [3.63, 3.8) is 0 Å². The summed E-state index contributed by atoms with van der Waals surface area (Å²) in [5.74, 6) is 2.95. The van der Waals surface area contributed by atoms with Crippen LogP contribution in [0.1, 0.15) is 52.4 Å². The van der Waals surface area contributed by atoms with Gasteiger partial charge in [-0.05, 0) is 56.8 Å². The normalized spacial score (nSPS) is 34.0. The van der Waals surface area contributed by atoms with E-state index in [1.165, 1.54) is 64.7 Å². The van der Waals surface area contributed by atoms with Crippen LogP contribution in [-0.2, 0) is 0 Å². The molecule has 1 N–H and O–H groups in total. The van der Waals surface area contributed by atoms with Gasteiger partial charge in [0.15, 0.2) is 0 Å². The summed E-state index contributed by atoms with van der Waals surface area (Å²) in [5, 5.41) is 3.49. The Hall–Kier alpha value is -0.0800. The van der Waals surface area contributed by atoms with Gasteiger partial charge >= 0.3 is 0 Å². The molecule has 1 heterocycles. The Bertz CT molecular complexity index is 221. The van der Waals surface area contributed by atoms with Crippen LogP contribution in [0.15, 0.2) is 0 Å². The molecule has 1 unspecified atom stereocenters. The van der Waals surface area contributed by atoms with Gasteiger partial charge in [0.25, 0.3) is 0 Å². The first-order valence-electron chi connectivity index (χ1n) is 8.21. The van der Waals surface area contributed by atoms with Gasteiger partial charge in [0, 0.05) is 6.54 Å². The van der Waals surface area contributed by atoms with Crippen LogP contribution in [0.25, 0.3) is 0 Å². The molecule has 2 rings (SSSR count). The van der Waals surface area contributed by atoms with Crippen LogP contribution < -0.4 is 5.32 Å². The molecule has 1 atom stereocenters. The van der Waals surface area contributed by atoms with Crippen LogP contribution in [-0.4, -0.2) is 37.6 Å². The second-order valence-corrected chi connectivity index (χ2v) is 6.68. The van der Waals surface area contributed by atoms with Gasteiger partial charge in [-0.25, -0.2) is 0 Å². The van der Waals surface area contributed by atoms with Crippen molar-refractivity contribution in [3.05, 3.63) is 0 Å². The van der Waals surface area contributed by atoms with Gasteiger partial charge in [-0.1, -0.05) is 39.5 Å². The molecule has 2 nitrogen and oxygen atoms in total. The van der Waals surface area contributed by atoms with Gasteiger partial charge < -0.3 is 10.2 Å². The average Bonchev–Trinajstić information content (AvgIpc) is 2.84. The van der Waals surface area contributed by atoms with Gasteiger partial charge in [0.05, 0.1) is 0 Å². The van der Waals surface area contributed by atoms with Crippen molar-refractivity contribution in [3.8, 4) is 0 Å². The number of nitrogens with zero attached hydrogens (tertiary/aromatic N) is 1. The van der Waals surface area contributed by atoms with Crippen LogP contribution in [0.3, 0.4) is 0 Å². The van der Waals surface area contributed by atoms with Crippen LogP contribution in [0.2, 0.25) is 0 Å². The maximum absolute atomic E-state index is 3.49. The van der Waals surface area contributed by atoms with E-state index in [2.05, 4.69) is 24.1 Å². The van der Waals surface area contributed by atoms with E-state index in [-0.39, 0.29) is 0 Å². The monoisotopic (exact) mass is 252 g/mol. The summed E-state index contributed by atoms with van der Waals surface area (Å²) in [6.07, 6.45) is 8.82. The molecule has 0 amide bonds. The number of hydrogen-bond donors (Lipinski definition) is 1. The highest BCUT2D eigenvalue weighted by Gasteiger charge is 2.23. The molecule has 2 heteroatoms. The zero-order valence-electron chi connectivity index (χ0n) is 12.5. The lowest BCUT2D eigenvalue weighted by molar-refractivity contribution is 0.234. The Balaban J connectivity index is 1.57. The second-order valence-electron chi connectivity index (χ2n) is 6.68. The minimum atomic E-state index is 0.913. The summed E-state index contributed by atoms with van der Waals surface area (Å²) in [4.78, 5) is 2.71. The fourth-order valence-electron chi connectivity index (χ4n) is 3.61. The van der Waals surface area contributed by atoms with Gasteiger partial charge in [0.1, 0.15) is 0 Å². The summed E-state index contributed by atoms with van der Waals surface area (Å²) < 4.78 is 0. The lowest BCUT2D eigenvalue weighted by Crippen LogP contribution is -2.28. The van der Waals surface area contributed by atoms with E-state index in [9.17, 15) is 0 Å². The van der Waals surface area contributed by atoms with E-state index in [1.54, 1.807) is 0 Å². The zero-order valence-corrected chi connectivity index (χ0v) is 12.5. The summed E-state index contributed by atoms with van der Waals surface area (Å²) in [6.45, 7) is 11.0. The molecule has 2 aliphatic rings. The van der Waals surface area contributed by atoms with Crippen molar-refractivity contribution in [2.75, 3.05) is 32.7 Å². The lowest BCUT2D eigenvalue weighted by Gasteiger charge is -2.27. The van der Waals surface area contributed by atoms with Crippen molar-refractivity contribution in [1.29, 1.82) is 0 Å². The fraction of sp³-hybridized carbons (Fsp3) is 1.00. The summed E-state index contributed by atoms with van der Waals surface area (Å²) in [5.41, 5.74) is 0. The molecule has 0 spiro atoms. The molecular formula is C16H32N2. The maximum atomic E-state index is 3.49. The Labute approximate surface area is 114 Å². The topological polar surface area (TPSA) is 15.3 Å². The Kier molecular flexibility index (Phi) is 5.97. The van der Waals surface area contributed by atoms with E-state index in [0.29, 0.717) is 0 Å². The second kappa shape index (κ2) is 7.49. The van der Waals surface area contributed by atoms with Crippen molar-refractivity contribution >= 4 is 0 Å². The first kappa shape index (κ1) is 14.3. The first-order valence-corrected chi connectivity index (χ1v) is 8.21. The molecule has 106 valence electrons. The highest BCUT2D eigenvalue weighted by atomic mass is 15.1. The summed E-state index contributed by atoms with van der Waals surface area (Å²) in [6, 6.07) is 0. The fourth-order valence-corrected chi connectivity index (χ4v) is 3.61. The molecule has 1 saturated heterocycles. The average molecular weight is 252 g/mol. The largest absolute Gasteiger partial charge is 0.317 e. The molecule has 0 bridgehead atoms. The quantitative estimate of drug-likeness (QED) is 0.781. The Morgan fingerprint density at radius 3 is 2.56 bits per heavy atom. The third kappa shape index (κ3) is 4.55. The van der Waals surface area contributed by atoms with Gasteiger partial charge in [-0.15, -0.1) is 0 Å². The smallest absolute Gasteiger partial charge is 0.00223 e. The molecular weight excluding hydrogens is 220 g/mol. The molecule has 2 fully saturated rings. The van der Waals surface area contributed by atoms with Gasteiger partial charge in [-0.2, -0.15) is 0 Å². The highest BCUT2D eigenvalue weighted by Crippen LogP contribution is 2.30. The van der Waals surface area contributed by atoms with Crippen LogP contribution >= 0.6 is 0 Å². The SMILES string of the molecule is CCNCC1CCN(CCC2CCC(C)CC2)C1. The molecule has 1 aliphatic carbocycles. The number of hydrogen-bond acceptors (Lipinski definition) is 2. The van der Waals surface area contributed by atoms with Crippen molar-refractivity contribution < 1.29 is 0 Å². The highest BCUT2D eigenvalue weighted by molar-refractivity contribution is 4.78. The number of nitrogens with one attached hydrogen (secondary N) is 1.